The van der Waals surface area contributed by atoms with Crippen LogP contribution in [0.5, 0.6) is 0 Å². The topological polar surface area (TPSA) is 77.4 Å². The first-order valence-corrected chi connectivity index (χ1v) is 11.4. The van der Waals surface area contributed by atoms with E-state index in [1.807, 2.05) is 12.1 Å². The summed E-state index contributed by atoms with van der Waals surface area (Å²) in [5, 5.41) is 13.3. The molecule has 2 aromatic carbocycles. The van der Waals surface area contributed by atoms with Gasteiger partial charge in [-0.25, -0.2) is 4.79 Å². The van der Waals surface area contributed by atoms with E-state index in [-0.39, 0.29) is 11.7 Å². The SMILES string of the molecule is Cc1ccc(Cl)cc1N1CCN(C(=NCC2CCCO2)Nc2ccc(C(=O)O)cc2)CC1. The fourth-order valence-corrected chi connectivity index (χ4v) is 4.27. The third-order valence-electron chi connectivity index (χ3n) is 5.95. The third kappa shape index (κ3) is 5.53. The molecule has 0 aliphatic carbocycles. The van der Waals surface area contributed by atoms with Gasteiger partial charge in [0.05, 0.1) is 18.2 Å². The van der Waals surface area contributed by atoms with Crippen molar-refractivity contribution in [3.63, 3.8) is 0 Å². The molecule has 1 unspecified atom stereocenters. The van der Waals surface area contributed by atoms with Gasteiger partial charge in [-0.3, -0.25) is 4.99 Å². The summed E-state index contributed by atoms with van der Waals surface area (Å²) in [6.07, 6.45) is 2.28. The van der Waals surface area contributed by atoms with Gasteiger partial charge in [0.15, 0.2) is 5.96 Å². The van der Waals surface area contributed by atoms with Crippen LogP contribution in [0.3, 0.4) is 0 Å². The summed E-state index contributed by atoms with van der Waals surface area (Å²) in [6.45, 7) is 6.88. The van der Waals surface area contributed by atoms with Crippen molar-refractivity contribution in [3.8, 4) is 0 Å². The smallest absolute Gasteiger partial charge is 0.335 e. The highest BCUT2D eigenvalue weighted by molar-refractivity contribution is 6.30. The van der Waals surface area contributed by atoms with E-state index in [1.54, 1.807) is 24.3 Å². The lowest BCUT2D eigenvalue weighted by Crippen LogP contribution is -2.51. The average Bonchev–Trinajstić information content (AvgIpc) is 3.32. The molecular formula is C24H29ClN4O3. The normalized spacial score (nSPS) is 19.3. The van der Waals surface area contributed by atoms with Crippen molar-refractivity contribution in [3.05, 3.63) is 58.6 Å². The average molecular weight is 457 g/mol. The number of carbonyl (C=O) groups is 1. The van der Waals surface area contributed by atoms with E-state index in [2.05, 4.69) is 28.1 Å². The van der Waals surface area contributed by atoms with Gasteiger partial charge in [0.1, 0.15) is 0 Å². The lowest BCUT2D eigenvalue weighted by Gasteiger charge is -2.38. The number of halogens is 1. The fourth-order valence-electron chi connectivity index (χ4n) is 4.10. The molecule has 2 aromatic rings. The van der Waals surface area contributed by atoms with Gasteiger partial charge in [-0.05, 0) is 61.7 Å². The molecule has 0 aromatic heterocycles. The maximum Gasteiger partial charge on any atom is 0.335 e. The summed E-state index contributed by atoms with van der Waals surface area (Å²) >= 11 is 6.22. The Morgan fingerprint density at radius 3 is 2.59 bits per heavy atom. The van der Waals surface area contributed by atoms with Crippen molar-refractivity contribution >= 4 is 34.9 Å². The molecule has 0 saturated carbocycles. The van der Waals surface area contributed by atoms with Gasteiger partial charge in [-0.15, -0.1) is 0 Å². The third-order valence-corrected chi connectivity index (χ3v) is 6.18. The summed E-state index contributed by atoms with van der Waals surface area (Å²) in [6, 6.07) is 12.8. The van der Waals surface area contributed by atoms with Crippen LogP contribution < -0.4 is 10.2 Å². The minimum Gasteiger partial charge on any atom is -0.478 e. The van der Waals surface area contributed by atoms with Crippen LogP contribution in [-0.4, -0.2) is 67.4 Å². The Labute approximate surface area is 193 Å². The van der Waals surface area contributed by atoms with Crippen LogP contribution in [0.1, 0.15) is 28.8 Å². The summed E-state index contributed by atoms with van der Waals surface area (Å²) in [7, 11) is 0. The van der Waals surface area contributed by atoms with E-state index in [0.717, 1.165) is 62.3 Å². The molecule has 32 heavy (non-hydrogen) atoms. The number of nitrogens with zero attached hydrogens (tertiary/aromatic N) is 3. The molecule has 0 bridgehead atoms. The van der Waals surface area contributed by atoms with Crippen LogP contribution in [0, 0.1) is 6.92 Å². The number of rotatable bonds is 5. The van der Waals surface area contributed by atoms with Crippen LogP contribution in [0.15, 0.2) is 47.5 Å². The highest BCUT2D eigenvalue weighted by atomic mass is 35.5. The van der Waals surface area contributed by atoms with Crippen molar-refractivity contribution in [2.45, 2.75) is 25.9 Å². The van der Waals surface area contributed by atoms with Crippen LogP contribution in [0.25, 0.3) is 0 Å². The number of piperazine rings is 1. The molecule has 7 nitrogen and oxygen atoms in total. The number of carboxylic acids is 1. The molecule has 170 valence electrons. The van der Waals surface area contributed by atoms with Crippen LogP contribution in [-0.2, 0) is 4.74 Å². The van der Waals surface area contributed by atoms with Gasteiger partial charge >= 0.3 is 5.97 Å². The number of nitrogens with one attached hydrogen (secondary N) is 1. The van der Waals surface area contributed by atoms with Crippen LogP contribution >= 0.6 is 11.6 Å². The van der Waals surface area contributed by atoms with Gasteiger partial charge < -0.3 is 25.0 Å². The Morgan fingerprint density at radius 2 is 1.94 bits per heavy atom. The van der Waals surface area contributed by atoms with E-state index >= 15 is 0 Å². The van der Waals surface area contributed by atoms with Crippen LogP contribution in [0.4, 0.5) is 11.4 Å². The number of benzene rings is 2. The molecule has 1 atom stereocenters. The number of aromatic carboxylic acids is 1. The van der Waals surface area contributed by atoms with E-state index in [9.17, 15) is 4.79 Å². The molecule has 0 radical (unpaired) electrons. The Balaban J connectivity index is 1.46. The van der Waals surface area contributed by atoms with E-state index < -0.39 is 5.97 Å². The molecule has 0 amide bonds. The quantitative estimate of drug-likeness (QED) is 0.520. The van der Waals surface area contributed by atoms with Gasteiger partial charge in [-0.1, -0.05) is 17.7 Å². The largest absolute Gasteiger partial charge is 0.478 e. The number of anilines is 2. The number of aliphatic imine (C=N–C) groups is 1. The van der Waals surface area contributed by atoms with Crippen molar-refractivity contribution in [2.24, 2.45) is 4.99 Å². The minimum atomic E-state index is -0.934. The van der Waals surface area contributed by atoms with Crippen molar-refractivity contribution in [1.82, 2.24) is 4.90 Å². The van der Waals surface area contributed by atoms with Gasteiger partial charge in [0.25, 0.3) is 0 Å². The highest BCUT2D eigenvalue weighted by Gasteiger charge is 2.23. The standard InChI is InChI=1S/C24H29ClN4O3/c1-17-4-7-19(25)15-22(17)28-10-12-29(13-11-28)24(26-16-21-3-2-14-32-21)27-20-8-5-18(6-9-20)23(30)31/h4-9,15,21H,2-3,10-14,16H2,1H3,(H,26,27)(H,30,31). The van der Waals surface area contributed by atoms with E-state index in [0.29, 0.717) is 6.54 Å². The summed E-state index contributed by atoms with van der Waals surface area (Å²) in [4.78, 5) is 20.6. The van der Waals surface area contributed by atoms with E-state index in [4.69, 9.17) is 26.4 Å². The number of carboxylic acid groups (broad SMARTS) is 1. The molecular weight excluding hydrogens is 428 g/mol. The fraction of sp³-hybridized carbons (Fsp3) is 0.417. The van der Waals surface area contributed by atoms with Crippen molar-refractivity contribution in [2.75, 3.05) is 49.5 Å². The van der Waals surface area contributed by atoms with Gasteiger partial charge in [0.2, 0.25) is 0 Å². The molecule has 2 fully saturated rings. The predicted octanol–water partition coefficient (Wildman–Crippen LogP) is 4.12. The first kappa shape index (κ1) is 22.4. The Bertz CT molecular complexity index is 966. The lowest BCUT2D eigenvalue weighted by atomic mass is 10.1. The molecule has 8 heteroatoms. The molecule has 0 spiro atoms. The predicted molar refractivity (Wildman–Crippen MR) is 128 cm³/mol. The number of ether oxygens (including phenoxy) is 1. The Morgan fingerprint density at radius 1 is 1.19 bits per heavy atom. The first-order chi connectivity index (χ1) is 15.5. The molecule has 2 aliphatic heterocycles. The zero-order chi connectivity index (χ0) is 22.5. The van der Waals surface area contributed by atoms with Gasteiger partial charge in [-0.2, -0.15) is 0 Å². The van der Waals surface area contributed by atoms with E-state index in [1.165, 1.54) is 11.3 Å². The number of hydrogen-bond acceptors (Lipinski definition) is 4. The zero-order valence-electron chi connectivity index (χ0n) is 18.3. The Kier molecular flexibility index (Phi) is 7.17. The number of aryl methyl sites for hydroxylation is 1. The maximum absolute atomic E-state index is 11.1. The number of hydrogen-bond donors (Lipinski definition) is 2. The number of guanidine groups is 1. The zero-order valence-corrected chi connectivity index (χ0v) is 19.0. The second kappa shape index (κ2) is 10.2. The second-order valence-electron chi connectivity index (χ2n) is 8.21. The monoisotopic (exact) mass is 456 g/mol. The molecule has 4 rings (SSSR count). The lowest BCUT2D eigenvalue weighted by molar-refractivity contribution is 0.0697. The van der Waals surface area contributed by atoms with Gasteiger partial charge in [0, 0.05) is 49.2 Å². The molecule has 2 aliphatic rings. The summed E-state index contributed by atoms with van der Waals surface area (Å²) in [5.41, 5.74) is 3.46. The Hall–Kier alpha value is -2.77. The first-order valence-electron chi connectivity index (χ1n) is 11.0. The maximum atomic E-state index is 11.1. The van der Waals surface area contributed by atoms with Crippen molar-refractivity contribution in [1.29, 1.82) is 0 Å². The second-order valence-corrected chi connectivity index (χ2v) is 8.65. The summed E-state index contributed by atoms with van der Waals surface area (Å²) < 4.78 is 5.74. The minimum absolute atomic E-state index is 0.164. The highest BCUT2D eigenvalue weighted by Crippen LogP contribution is 2.25. The van der Waals surface area contributed by atoms with Crippen molar-refractivity contribution < 1.29 is 14.6 Å². The molecule has 2 N–H and O–H groups in total. The van der Waals surface area contributed by atoms with Crippen LogP contribution in [0.2, 0.25) is 5.02 Å². The molecule has 2 heterocycles. The molecule has 2 saturated heterocycles. The summed E-state index contributed by atoms with van der Waals surface area (Å²) in [5.74, 6) is -0.137.